The van der Waals surface area contributed by atoms with Gasteiger partial charge < -0.3 is 14.5 Å². The number of carbonyl (C=O) groups excluding carboxylic acids is 2. The molecule has 0 saturated heterocycles. The van der Waals surface area contributed by atoms with Crippen LogP contribution in [0.4, 0.5) is 10.1 Å². The number of ether oxygens (including phenoxy) is 1. The molecular formula is C21H19FN2O4. The van der Waals surface area contributed by atoms with Crippen LogP contribution in [-0.4, -0.2) is 23.5 Å². The molecule has 1 heterocycles. The van der Waals surface area contributed by atoms with Crippen molar-refractivity contribution in [2.45, 2.75) is 20.3 Å². The lowest BCUT2D eigenvalue weighted by Crippen LogP contribution is -2.15. The molecule has 0 atom stereocenters. The van der Waals surface area contributed by atoms with Crippen molar-refractivity contribution in [3.63, 3.8) is 0 Å². The maximum atomic E-state index is 13.9. The van der Waals surface area contributed by atoms with Gasteiger partial charge in [0.2, 0.25) is 11.8 Å². The highest BCUT2D eigenvalue weighted by molar-refractivity contribution is 5.94. The Morgan fingerprint density at radius 2 is 1.86 bits per heavy atom. The van der Waals surface area contributed by atoms with E-state index in [4.69, 9.17) is 9.15 Å². The van der Waals surface area contributed by atoms with Crippen LogP contribution in [0.1, 0.15) is 28.7 Å². The molecule has 1 amide bonds. The number of esters is 1. The van der Waals surface area contributed by atoms with Crippen LogP contribution in [0.2, 0.25) is 0 Å². The van der Waals surface area contributed by atoms with Gasteiger partial charge in [-0.25, -0.2) is 14.2 Å². The van der Waals surface area contributed by atoms with Crippen LogP contribution in [0.15, 0.2) is 52.9 Å². The van der Waals surface area contributed by atoms with E-state index in [0.717, 1.165) is 0 Å². The molecule has 0 spiro atoms. The van der Waals surface area contributed by atoms with Gasteiger partial charge in [0.25, 0.3) is 0 Å². The van der Waals surface area contributed by atoms with Crippen molar-refractivity contribution in [3.05, 3.63) is 71.4 Å². The van der Waals surface area contributed by atoms with Crippen molar-refractivity contribution in [2.75, 3.05) is 11.9 Å². The summed E-state index contributed by atoms with van der Waals surface area (Å²) in [6, 6.07) is 12.5. The Labute approximate surface area is 161 Å². The number of hydrogen-bond donors (Lipinski definition) is 1. The highest BCUT2D eigenvalue weighted by Crippen LogP contribution is 2.24. The second-order valence-electron chi connectivity index (χ2n) is 6.02. The van der Waals surface area contributed by atoms with E-state index in [-0.39, 0.29) is 23.8 Å². The summed E-state index contributed by atoms with van der Waals surface area (Å²) in [5.74, 6) is -0.579. The van der Waals surface area contributed by atoms with Gasteiger partial charge in [0.1, 0.15) is 11.6 Å². The number of amides is 1. The molecule has 28 heavy (non-hydrogen) atoms. The van der Waals surface area contributed by atoms with E-state index >= 15 is 0 Å². The first kappa shape index (κ1) is 19.3. The molecule has 0 fully saturated rings. The molecule has 0 aliphatic rings. The van der Waals surface area contributed by atoms with E-state index in [2.05, 4.69) is 10.3 Å². The first-order valence-electron chi connectivity index (χ1n) is 8.76. The molecule has 6 nitrogen and oxygen atoms in total. The lowest BCUT2D eigenvalue weighted by atomic mass is 10.2. The minimum Gasteiger partial charge on any atom is -0.462 e. The summed E-state index contributed by atoms with van der Waals surface area (Å²) in [6.07, 6.45) is -0.0244. The summed E-state index contributed by atoms with van der Waals surface area (Å²) in [6.45, 7) is 3.70. The summed E-state index contributed by atoms with van der Waals surface area (Å²) in [7, 11) is 0. The molecule has 0 unspecified atom stereocenters. The van der Waals surface area contributed by atoms with Crippen molar-refractivity contribution >= 4 is 17.6 Å². The standard InChI is InChI=1S/C21H19FN2O4/c1-3-27-21(26)14-8-10-15(11-9-14)23-19(25)12-18-13(2)28-20(24-18)16-6-4-5-7-17(16)22/h4-11H,3,12H2,1-2H3,(H,23,25). The molecule has 1 aromatic heterocycles. The normalized spacial score (nSPS) is 10.5. The molecule has 0 radical (unpaired) electrons. The van der Waals surface area contributed by atoms with Crippen LogP contribution in [0.25, 0.3) is 11.5 Å². The average molecular weight is 382 g/mol. The summed E-state index contributed by atoms with van der Waals surface area (Å²) >= 11 is 0. The predicted octanol–water partition coefficient (Wildman–Crippen LogP) is 4.15. The van der Waals surface area contributed by atoms with Crippen molar-refractivity contribution in [2.24, 2.45) is 0 Å². The zero-order valence-electron chi connectivity index (χ0n) is 15.5. The molecule has 0 aliphatic heterocycles. The molecule has 3 rings (SSSR count). The molecule has 7 heteroatoms. The Hall–Kier alpha value is -3.48. The van der Waals surface area contributed by atoms with E-state index in [1.165, 1.54) is 6.07 Å². The zero-order valence-corrected chi connectivity index (χ0v) is 15.5. The first-order valence-corrected chi connectivity index (χ1v) is 8.76. The van der Waals surface area contributed by atoms with Crippen molar-refractivity contribution in [1.82, 2.24) is 4.98 Å². The van der Waals surface area contributed by atoms with E-state index in [0.29, 0.717) is 29.3 Å². The first-order chi connectivity index (χ1) is 13.5. The smallest absolute Gasteiger partial charge is 0.338 e. The molecule has 1 N–H and O–H groups in total. The van der Waals surface area contributed by atoms with Gasteiger partial charge in [-0.2, -0.15) is 0 Å². The Bertz CT molecular complexity index is 996. The number of oxazole rings is 1. The van der Waals surface area contributed by atoms with Gasteiger partial charge in [-0.05, 0) is 50.2 Å². The average Bonchev–Trinajstić information content (AvgIpc) is 3.03. The lowest BCUT2D eigenvalue weighted by molar-refractivity contribution is -0.115. The number of anilines is 1. The fourth-order valence-corrected chi connectivity index (χ4v) is 2.60. The van der Waals surface area contributed by atoms with Crippen molar-refractivity contribution in [1.29, 1.82) is 0 Å². The molecule has 0 bridgehead atoms. The van der Waals surface area contributed by atoms with Gasteiger partial charge in [-0.3, -0.25) is 4.79 Å². The third kappa shape index (κ3) is 4.43. The molecule has 3 aromatic rings. The summed E-state index contributed by atoms with van der Waals surface area (Å²) in [5.41, 5.74) is 1.61. The minimum absolute atomic E-state index is 0.0244. The Morgan fingerprint density at radius 3 is 2.54 bits per heavy atom. The van der Waals surface area contributed by atoms with Crippen molar-refractivity contribution < 1.29 is 23.1 Å². The van der Waals surface area contributed by atoms with E-state index < -0.39 is 11.8 Å². The number of nitrogens with one attached hydrogen (secondary N) is 1. The van der Waals surface area contributed by atoms with Gasteiger partial charge in [-0.15, -0.1) is 0 Å². The lowest BCUT2D eigenvalue weighted by Gasteiger charge is -2.06. The third-order valence-electron chi connectivity index (χ3n) is 4.00. The zero-order chi connectivity index (χ0) is 20.1. The molecule has 144 valence electrons. The SMILES string of the molecule is CCOC(=O)c1ccc(NC(=O)Cc2nc(-c3ccccc3F)oc2C)cc1. The number of halogens is 1. The van der Waals surface area contributed by atoms with Crippen LogP contribution in [0.5, 0.6) is 0 Å². The van der Waals surface area contributed by atoms with Gasteiger partial charge in [-0.1, -0.05) is 12.1 Å². The number of benzene rings is 2. The topological polar surface area (TPSA) is 81.4 Å². The molecule has 0 aliphatic carbocycles. The maximum absolute atomic E-state index is 13.9. The number of aromatic nitrogens is 1. The van der Waals surface area contributed by atoms with E-state index in [1.54, 1.807) is 56.3 Å². The number of nitrogens with zero attached hydrogens (tertiary/aromatic N) is 1. The summed E-state index contributed by atoms with van der Waals surface area (Å²) in [4.78, 5) is 28.2. The quantitative estimate of drug-likeness (QED) is 0.648. The predicted molar refractivity (Wildman–Crippen MR) is 101 cm³/mol. The maximum Gasteiger partial charge on any atom is 0.338 e. The third-order valence-corrected chi connectivity index (χ3v) is 4.00. The second-order valence-corrected chi connectivity index (χ2v) is 6.02. The van der Waals surface area contributed by atoms with Gasteiger partial charge in [0.05, 0.1) is 29.8 Å². The Kier molecular flexibility index (Phi) is 5.84. The molecule has 2 aromatic carbocycles. The van der Waals surface area contributed by atoms with Gasteiger partial charge >= 0.3 is 5.97 Å². The van der Waals surface area contributed by atoms with Crippen LogP contribution in [0, 0.1) is 12.7 Å². The fraction of sp³-hybridized carbons (Fsp3) is 0.190. The summed E-state index contributed by atoms with van der Waals surface area (Å²) < 4.78 is 24.3. The molecule has 0 saturated carbocycles. The fourth-order valence-electron chi connectivity index (χ4n) is 2.60. The van der Waals surface area contributed by atoms with Crippen molar-refractivity contribution in [3.8, 4) is 11.5 Å². The van der Waals surface area contributed by atoms with Gasteiger partial charge in [0, 0.05) is 5.69 Å². The van der Waals surface area contributed by atoms with Gasteiger partial charge in [0.15, 0.2) is 0 Å². The van der Waals surface area contributed by atoms with Crippen LogP contribution in [0.3, 0.4) is 0 Å². The second kappa shape index (κ2) is 8.47. The van der Waals surface area contributed by atoms with Crippen LogP contribution < -0.4 is 5.32 Å². The van der Waals surface area contributed by atoms with E-state index in [1.807, 2.05) is 0 Å². The number of aryl methyl sites for hydroxylation is 1. The Balaban J connectivity index is 1.67. The number of carbonyl (C=O) groups is 2. The summed E-state index contributed by atoms with van der Waals surface area (Å²) in [5, 5.41) is 2.73. The largest absolute Gasteiger partial charge is 0.462 e. The number of hydrogen-bond acceptors (Lipinski definition) is 5. The highest BCUT2D eigenvalue weighted by atomic mass is 19.1. The highest BCUT2D eigenvalue weighted by Gasteiger charge is 2.17. The Morgan fingerprint density at radius 1 is 1.14 bits per heavy atom. The monoisotopic (exact) mass is 382 g/mol. The van der Waals surface area contributed by atoms with Crippen LogP contribution >= 0.6 is 0 Å². The van der Waals surface area contributed by atoms with E-state index in [9.17, 15) is 14.0 Å². The minimum atomic E-state index is -0.443. The van der Waals surface area contributed by atoms with Crippen LogP contribution in [-0.2, 0) is 16.0 Å². The molecular weight excluding hydrogens is 363 g/mol. The number of rotatable bonds is 6.